The topological polar surface area (TPSA) is 23.8 Å². The summed E-state index contributed by atoms with van der Waals surface area (Å²) in [5.74, 6) is -0.300. The van der Waals surface area contributed by atoms with Gasteiger partial charge < -0.3 is 0 Å². The zero-order chi connectivity index (χ0) is 12.1. The molecule has 0 amide bonds. The Hall–Kier alpha value is -2.40. The second kappa shape index (κ2) is 5.09. The van der Waals surface area contributed by atoms with Crippen LogP contribution in [0.2, 0.25) is 0 Å². The van der Waals surface area contributed by atoms with E-state index in [9.17, 15) is 4.39 Å². The van der Waals surface area contributed by atoms with Crippen LogP contribution in [0.25, 0.3) is 11.6 Å². The highest BCUT2D eigenvalue weighted by Crippen LogP contribution is 2.17. The molecule has 0 radical (unpaired) electrons. The maximum absolute atomic E-state index is 12.8. The van der Waals surface area contributed by atoms with Gasteiger partial charge in [0, 0.05) is 0 Å². The Morgan fingerprint density at radius 3 is 2.24 bits per heavy atom. The van der Waals surface area contributed by atoms with Gasteiger partial charge in [0.25, 0.3) is 0 Å². The molecular formula is C15H10FN. The van der Waals surface area contributed by atoms with Crippen LogP contribution in [-0.2, 0) is 0 Å². The summed E-state index contributed by atoms with van der Waals surface area (Å²) in [5, 5.41) is 9.10. The lowest BCUT2D eigenvalue weighted by Crippen LogP contribution is -1.82. The van der Waals surface area contributed by atoms with E-state index in [1.54, 1.807) is 18.2 Å². The zero-order valence-corrected chi connectivity index (χ0v) is 9.10. The van der Waals surface area contributed by atoms with Gasteiger partial charge in [0.1, 0.15) is 5.82 Å². The van der Waals surface area contributed by atoms with Crippen molar-refractivity contribution in [3.63, 3.8) is 0 Å². The van der Waals surface area contributed by atoms with E-state index in [1.165, 1.54) is 12.1 Å². The van der Waals surface area contributed by atoms with Crippen LogP contribution in [-0.4, -0.2) is 0 Å². The van der Waals surface area contributed by atoms with Gasteiger partial charge in [0.2, 0.25) is 0 Å². The van der Waals surface area contributed by atoms with E-state index < -0.39 is 0 Å². The molecule has 0 bridgehead atoms. The van der Waals surface area contributed by atoms with Gasteiger partial charge in [-0.2, -0.15) is 5.26 Å². The van der Waals surface area contributed by atoms with Crippen molar-refractivity contribution in [3.8, 4) is 6.07 Å². The van der Waals surface area contributed by atoms with Crippen molar-refractivity contribution >= 4 is 11.6 Å². The molecule has 2 aromatic rings. The number of benzene rings is 2. The predicted molar refractivity (Wildman–Crippen MR) is 66.3 cm³/mol. The van der Waals surface area contributed by atoms with Crippen molar-refractivity contribution in [2.75, 3.05) is 0 Å². The molecule has 0 saturated heterocycles. The highest BCUT2D eigenvalue weighted by atomic mass is 19.1. The number of hydrogen-bond acceptors (Lipinski definition) is 1. The first-order valence-electron chi connectivity index (χ1n) is 5.22. The monoisotopic (exact) mass is 223 g/mol. The second-order valence-corrected chi connectivity index (χ2v) is 3.59. The van der Waals surface area contributed by atoms with Crippen LogP contribution in [0.3, 0.4) is 0 Å². The van der Waals surface area contributed by atoms with Crippen LogP contribution >= 0.6 is 0 Å². The molecule has 0 aliphatic carbocycles. The van der Waals surface area contributed by atoms with E-state index >= 15 is 0 Å². The van der Waals surface area contributed by atoms with Crippen LogP contribution in [0.5, 0.6) is 0 Å². The Morgan fingerprint density at radius 2 is 1.65 bits per heavy atom. The fraction of sp³-hybridized carbons (Fsp3) is 0. The molecule has 0 N–H and O–H groups in total. The smallest absolute Gasteiger partial charge is 0.123 e. The summed E-state index contributed by atoms with van der Waals surface area (Å²) in [4.78, 5) is 0. The second-order valence-electron chi connectivity index (χ2n) is 3.59. The number of allylic oxidation sites excluding steroid dienone is 1. The highest BCUT2D eigenvalue weighted by Gasteiger charge is 2.00. The Morgan fingerprint density at radius 1 is 1.00 bits per heavy atom. The first kappa shape index (κ1) is 11.1. The van der Waals surface area contributed by atoms with Crippen molar-refractivity contribution in [1.29, 1.82) is 5.26 Å². The molecule has 2 heteroatoms. The van der Waals surface area contributed by atoms with Gasteiger partial charge in [-0.1, -0.05) is 42.5 Å². The van der Waals surface area contributed by atoms with Crippen molar-refractivity contribution < 1.29 is 4.39 Å². The summed E-state index contributed by atoms with van der Waals surface area (Å²) < 4.78 is 12.8. The molecule has 0 saturated carbocycles. The molecule has 2 rings (SSSR count). The molecule has 0 aliphatic heterocycles. The van der Waals surface area contributed by atoms with E-state index in [1.807, 2.05) is 30.3 Å². The first-order chi connectivity index (χ1) is 8.29. The number of nitriles is 1. The Balaban J connectivity index is 2.38. The maximum Gasteiger partial charge on any atom is 0.123 e. The molecule has 0 aromatic heterocycles. The van der Waals surface area contributed by atoms with E-state index in [4.69, 9.17) is 5.26 Å². The van der Waals surface area contributed by atoms with Gasteiger partial charge in [-0.05, 0) is 29.3 Å². The molecule has 0 fully saturated rings. The maximum atomic E-state index is 12.8. The molecule has 0 unspecified atom stereocenters. The molecule has 82 valence electrons. The molecule has 1 nitrogen and oxygen atoms in total. The molecular weight excluding hydrogens is 213 g/mol. The van der Waals surface area contributed by atoms with E-state index in [0.717, 1.165) is 11.1 Å². The summed E-state index contributed by atoms with van der Waals surface area (Å²) in [6.07, 6.45) is 1.78. The summed E-state index contributed by atoms with van der Waals surface area (Å²) in [5.41, 5.74) is 2.20. The third-order valence-corrected chi connectivity index (χ3v) is 2.39. The predicted octanol–water partition coefficient (Wildman–Crippen LogP) is 3.89. The van der Waals surface area contributed by atoms with Crippen molar-refractivity contribution in [2.24, 2.45) is 0 Å². The summed E-state index contributed by atoms with van der Waals surface area (Å²) >= 11 is 0. The van der Waals surface area contributed by atoms with E-state index in [0.29, 0.717) is 5.57 Å². The van der Waals surface area contributed by atoms with Gasteiger partial charge in [-0.3, -0.25) is 0 Å². The van der Waals surface area contributed by atoms with Gasteiger partial charge in [0.05, 0.1) is 11.6 Å². The number of hydrogen-bond donors (Lipinski definition) is 0. The minimum absolute atomic E-state index is 0.300. The zero-order valence-electron chi connectivity index (χ0n) is 9.10. The summed E-state index contributed by atoms with van der Waals surface area (Å²) in [7, 11) is 0. The third-order valence-electron chi connectivity index (χ3n) is 2.39. The van der Waals surface area contributed by atoms with Crippen LogP contribution in [0.1, 0.15) is 11.1 Å². The lowest BCUT2D eigenvalue weighted by Gasteiger charge is -1.99. The molecule has 0 spiro atoms. The number of nitrogens with zero attached hydrogens (tertiary/aromatic N) is 1. The SMILES string of the molecule is N#C/C(=C\c1ccccc1)c1ccc(F)cc1. The highest BCUT2D eigenvalue weighted by molar-refractivity contribution is 5.89. The standard InChI is InChI=1S/C15H10FN/c16-15-8-6-13(7-9-15)14(11-17)10-12-4-2-1-3-5-12/h1-10H/b14-10+. The van der Waals surface area contributed by atoms with Crippen LogP contribution in [0.15, 0.2) is 54.6 Å². The lowest BCUT2D eigenvalue weighted by atomic mass is 10.0. The van der Waals surface area contributed by atoms with Gasteiger partial charge in [0.15, 0.2) is 0 Å². The molecule has 0 atom stereocenters. The average molecular weight is 223 g/mol. The van der Waals surface area contributed by atoms with Gasteiger partial charge in [-0.25, -0.2) is 4.39 Å². The van der Waals surface area contributed by atoms with Crippen molar-refractivity contribution in [3.05, 3.63) is 71.5 Å². The minimum Gasteiger partial charge on any atom is -0.207 e. The van der Waals surface area contributed by atoms with Gasteiger partial charge >= 0.3 is 0 Å². The Kier molecular flexibility index (Phi) is 3.32. The Labute approximate surface area is 99.5 Å². The number of halogens is 1. The first-order valence-corrected chi connectivity index (χ1v) is 5.22. The largest absolute Gasteiger partial charge is 0.207 e. The average Bonchev–Trinajstić information content (AvgIpc) is 2.38. The lowest BCUT2D eigenvalue weighted by molar-refractivity contribution is 0.627. The van der Waals surface area contributed by atoms with Gasteiger partial charge in [-0.15, -0.1) is 0 Å². The summed E-state index contributed by atoms with van der Waals surface area (Å²) in [6.45, 7) is 0. The number of rotatable bonds is 2. The van der Waals surface area contributed by atoms with Crippen LogP contribution < -0.4 is 0 Å². The fourth-order valence-electron chi connectivity index (χ4n) is 1.53. The Bertz CT molecular complexity index is 562. The molecule has 17 heavy (non-hydrogen) atoms. The minimum atomic E-state index is -0.300. The quantitative estimate of drug-likeness (QED) is 0.559. The van der Waals surface area contributed by atoms with Crippen molar-refractivity contribution in [2.45, 2.75) is 0 Å². The molecule has 2 aromatic carbocycles. The molecule has 0 heterocycles. The van der Waals surface area contributed by atoms with Crippen molar-refractivity contribution in [1.82, 2.24) is 0 Å². The summed E-state index contributed by atoms with van der Waals surface area (Å²) in [6, 6.07) is 17.6. The molecule has 0 aliphatic rings. The fourth-order valence-corrected chi connectivity index (χ4v) is 1.53. The van der Waals surface area contributed by atoms with E-state index in [2.05, 4.69) is 6.07 Å². The van der Waals surface area contributed by atoms with E-state index in [-0.39, 0.29) is 5.82 Å². The normalized spacial score (nSPS) is 10.9. The van der Waals surface area contributed by atoms with Crippen LogP contribution in [0.4, 0.5) is 4.39 Å². The third kappa shape index (κ3) is 2.79. The van der Waals surface area contributed by atoms with Crippen LogP contribution in [0, 0.1) is 17.1 Å².